The van der Waals surface area contributed by atoms with Crippen molar-refractivity contribution < 1.29 is 8.78 Å². The van der Waals surface area contributed by atoms with Gasteiger partial charge in [-0.25, -0.2) is 18.7 Å². The second-order valence-electron chi connectivity index (χ2n) is 5.33. The number of hydrogen-bond acceptors (Lipinski definition) is 3. The number of aryl methyl sites for hydroxylation is 2. The normalized spacial score (nSPS) is 10.9. The molecule has 4 nitrogen and oxygen atoms in total. The van der Waals surface area contributed by atoms with E-state index >= 15 is 0 Å². The molecule has 0 saturated carbocycles. The van der Waals surface area contributed by atoms with Gasteiger partial charge in [0.25, 0.3) is 0 Å². The highest BCUT2D eigenvalue weighted by Crippen LogP contribution is 2.26. The molecule has 23 heavy (non-hydrogen) atoms. The second-order valence-corrected chi connectivity index (χ2v) is 5.33. The van der Waals surface area contributed by atoms with Gasteiger partial charge in [0.1, 0.15) is 11.3 Å². The summed E-state index contributed by atoms with van der Waals surface area (Å²) in [4.78, 5) is 8.92. The van der Waals surface area contributed by atoms with Gasteiger partial charge in [0, 0.05) is 24.7 Å². The summed E-state index contributed by atoms with van der Waals surface area (Å²) in [5, 5.41) is 8.72. The van der Waals surface area contributed by atoms with E-state index in [0.29, 0.717) is 41.9 Å². The van der Waals surface area contributed by atoms with Crippen LogP contribution in [0.4, 0.5) is 8.78 Å². The Kier molecular flexibility index (Phi) is 4.02. The molecule has 0 aliphatic carbocycles. The summed E-state index contributed by atoms with van der Waals surface area (Å²) in [7, 11) is 0. The molecule has 6 heteroatoms. The van der Waals surface area contributed by atoms with Crippen LogP contribution in [0.5, 0.6) is 0 Å². The molecule has 0 radical (unpaired) electrons. The lowest BCUT2D eigenvalue weighted by atomic mass is 10.2. The fourth-order valence-electron chi connectivity index (χ4n) is 2.50. The second kappa shape index (κ2) is 6.13. The highest BCUT2D eigenvalue weighted by molar-refractivity contribution is 5.77. The van der Waals surface area contributed by atoms with Crippen LogP contribution in [0.15, 0.2) is 30.5 Å². The summed E-state index contributed by atoms with van der Waals surface area (Å²) < 4.78 is 28.6. The van der Waals surface area contributed by atoms with Gasteiger partial charge < -0.3 is 4.57 Å². The molecule has 0 aliphatic heterocycles. The minimum absolute atomic E-state index is 0.406. The zero-order valence-corrected chi connectivity index (χ0v) is 12.6. The van der Waals surface area contributed by atoms with Gasteiger partial charge in [-0.05, 0) is 43.2 Å². The van der Waals surface area contributed by atoms with Gasteiger partial charge in [-0.15, -0.1) is 0 Å². The molecule has 0 atom stereocenters. The number of nitriles is 1. The molecule has 0 spiro atoms. The lowest BCUT2D eigenvalue weighted by Crippen LogP contribution is -2.02. The first-order chi connectivity index (χ1) is 11.1. The van der Waals surface area contributed by atoms with E-state index < -0.39 is 11.6 Å². The molecular formula is C17H14F2N4. The Balaban J connectivity index is 2.15. The summed E-state index contributed by atoms with van der Waals surface area (Å²) in [5.74, 6) is -1.29. The van der Waals surface area contributed by atoms with E-state index in [9.17, 15) is 8.78 Å². The third-order valence-electron chi connectivity index (χ3n) is 3.57. The topological polar surface area (TPSA) is 54.5 Å². The van der Waals surface area contributed by atoms with Crippen LogP contribution in [-0.4, -0.2) is 14.5 Å². The molecule has 0 saturated heterocycles. The number of unbranched alkanes of at least 4 members (excludes halogenated alkanes) is 1. The third-order valence-corrected chi connectivity index (χ3v) is 3.57. The summed E-state index contributed by atoms with van der Waals surface area (Å²) in [6, 6.07) is 7.70. The van der Waals surface area contributed by atoms with Gasteiger partial charge >= 0.3 is 0 Å². The van der Waals surface area contributed by atoms with E-state index in [1.807, 2.05) is 17.6 Å². The standard InChI is InChI=1S/C17H14F2N4/c1-11-8-15-17(21-10-11)23(7-3-2-6-20)16(22-15)12-4-5-13(18)14(19)9-12/h4-5,8-10H,2-3,7H2,1H3. The molecule has 0 unspecified atom stereocenters. The Morgan fingerprint density at radius 1 is 1.22 bits per heavy atom. The number of halogens is 2. The first-order valence-electron chi connectivity index (χ1n) is 7.25. The first-order valence-corrected chi connectivity index (χ1v) is 7.25. The van der Waals surface area contributed by atoms with Gasteiger partial charge in [-0.3, -0.25) is 0 Å². The van der Waals surface area contributed by atoms with Crippen LogP contribution < -0.4 is 0 Å². The van der Waals surface area contributed by atoms with Crippen molar-refractivity contribution in [2.75, 3.05) is 0 Å². The van der Waals surface area contributed by atoms with Crippen molar-refractivity contribution in [3.8, 4) is 17.5 Å². The Labute approximate surface area is 132 Å². The minimum Gasteiger partial charge on any atom is -0.309 e. The monoisotopic (exact) mass is 312 g/mol. The zero-order valence-electron chi connectivity index (χ0n) is 12.6. The van der Waals surface area contributed by atoms with Crippen LogP contribution >= 0.6 is 0 Å². The van der Waals surface area contributed by atoms with Crippen molar-refractivity contribution in [3.63, 3.8) is 0 Å². The number of nitrogens with zero attached hydrogens (tertiary/aromatic N) is 4. The van der Waals surface area contributed by atoms with Crippen LogP contribution in [0, 0.1) is 29.9 Å². The molecular weight excluding hydrogens is 298 g/mol. The highest BCUT2D eigenvalue weighted by atomic mass is 19.2. The first kappa shape index (κ1) is 15.1. The van der Waals surface area contributed by atoms with Crippen LogP contribution in [0.25, 0.3) is 22.6 Å². The van der Waals surface area contributed by atoms with Crippen LogP contribution in [0.1, 0.15) is 18.4 Å². The molecule has 1 aromatic carbocycles. The van der Waals surface area contributed by atoms with Crippen LogP contribution in [-0.2, 0) is 6.54 Å². The summed E-state index contributed by atoms with van der Waals surface area (Å²) in [5.41, 5.74) is 2.82. The van der Waals surface area contributed by atoms with E-state index in [2.05, 4.69) is 16.0 Å². The smallest absolute Gasteiger partial charge is 0.160 e. The lowest BCUT2D eigenvalue weighted by molar-refractivity contribution is 0.509. The molecule has 0 fully saturated rings. The van der Waals surface area contributed by atoms with Crippen molar-refractivity contribution in [1.82, 2.24) is 14.5 Å². The zero-order chi connectivity index (χ0) is 16.4. The number of rotatable bonds is 4. The van der Waals surface area contributed by atoms with Crippen LogP contribution in [0.3, 0.4) is 0 Å². The summed E-state index contributed by atoms with van der Waals surface area (Å²) in [6.07, 6.45) is 2.77. The number of benzene rings is 1. The van der Waals surface area contributed by atoms with Gasteiger partial charge in [-0.2, -0.15) is 5.26 Å². The number of aromatic nitrogens is 3. The average Bonchev–Trinajstić information content (AvgIpc) is 2.88. The lowest BCUT2D eigenvalue weighted by Gasteiger charge is -2.08. The van der Waals surface area contributed by atoms with Gasteiger partial charge in [0.2, 0.25) is 0 Å². The maximum Gasteiger partial charge on any atom is 0.160 e. The summed E-state index contributed by atoms with van der Waals surface area (Å²) >= 11 is 0. The molecule has 0 bridgehead atoms. The van der Waals surface area contributed by atoms with Crippen molar-refractivity contribution in [3.05, 3.63) is 47.7 Å². The quantitative estimate of drug-likeness (QED) is 0.684. The minimum atomic E-state index is -0.915. The largest absolute Gasteiger partial charge is 0.309 e. The van der Waals surface area contributed by atoms with E-state index in [1.54, 1.807) is 6.20 Å². The maximum absolute atomic E-state index is 13.6. The third kappa shape index (κ3) is 2.90. The highest BCUT2D eigenvalue weighted by Gasteiger charge is 2.15. The average molecular weight is 312 g/mol. The van der Waals surface area contributed by atoms with E-state index in [4.69, 9.17) is 5.26 Å². The Morgan fingerprint density at radius 2 is 2.04 bits per heavy atom. The number of imidazole rings is 1. The molecule has 2 heterocycles. The van der Waals surface area contributed by atoms with E-state index in [-0.39, 0.29) is 0 Å². The van der Waals surface area contributed by atoms with E-state index in [0.717, 1.165) is 17.7 Å². The van der Waals surface area contributed by atoms with Crippen molar-refractivity contribution >= 4 is 11.2 Å². The fraction of sp³-hybridized carbons (Fsp3) is 0.235. The fourth-order valence-corrected chi connectivity index (χ4v) is 2.50. The molecule has 116 valence electrons. The van der Waals surface area contributed by atoms with Crippen LogP contribution in [0.2, 0.25) is 0 Å². The Morgan fingerprint density at radius 3 is 2.78 bits per heavy atom. The Bertz CT molecular complexity index is 909. The van der Waals surface area contributed by atoms with Gasteiger partial charge in [0.05, 0.1) is 6.07 Å². The molecule has 3 aromatic rings. The molecule has 0 aliphatic rings. The molecule has 0 N–H and O–H groups in total. The molecule has 3 rings (SSSR count). The van der Waals surface area contributed by atoms with E-state index in [1.165, 1.54) is 6.07 Å². The van der Waals surface area contributed by atoms with Gasteiger partial charge in [0.15, 0.2) is 17.3 Å². The number of pyridine rings is 1. The number of fused-ring (bicyclic) bond motifs is 1. The predicted octanol–water partition coefficient (Wildman–Crippen LogP) is 3.99. The number of hydrogen-bond donors (Lipinski definition) is 0. The van der Waals surface area contributed by atoms with Gasteiger partial charge in [-0.1, -0.05) is 0 Å². The van der Waals surface area contributed by atoms with Crippen molar-refractivity contribution in [1.29, 1.82) is 5.26 Å². The Hall–Kier alpha value is -2.81. The van der Waals surface area contributed by atoms with Crippen molar-refractivity contribution in [2.24, 2.45) is 0 Å². The molecule has 0 amide bonds. The maximum atomic E-state index is 13.6. The molecule has 2 aromatic heterocycles. The summed E-state index contributed by atoms with van der Waals surface area (Å²) in [6.45, 7) is 2.45. The van der Waals surface area contributed by atoms with Crippen molar-refractivity contribution in [2.45, 2.75) is 26.3 Å². The SMILES string of the molecule is Cc1cnc2c(c1)nc(-c1ccc(F)c(F)c1)n2CCCC#N. The predicted molar refractivity (Wildman–Crippen MR) is 82.5 cm³/mol.